The summed E-state index contributed by atoms with van der Waals surface area (Å²) in [6.45, 7) is 4.00. The number of aldehydes is 1. The van der Waals surface area contributed by atoms with Gasteiger partial charge < -0.3 is 10.1 Å². The van der Waals surface area contributed by atoms with E-state index in [0.717, 1.165) is 12.7 Å². The lowest BCUT2D eigenvalue weighted by Gasteiger charge is -2.33. The molecular formula is C8H13NO. The van der Waals surface area contributed by atoms with E-state index in [4.69, 9.17) is 0 Å². The zero-order chi connectivity index (χ0) is 7.61. The highest BCUT2D eigenvalue weighted by molar-refractivity contribution is 5.64. The molecule has 2 atom stereocenters. The van der Waals surface area contributed by atoms with Gasteiger partial charge in [-0.25, -0.2) is 0 Å². The first-order valence-electron chi connectivity index (χ1n) is 3.58. The van der Waals surface area contributed by atoms with Crippen LogP contribution < -0.4 is 5.32 Å². The first-order valence-corrected chi connectivity index (χ1v) is 3.58. The highest BCUT2D eigenvalue weighted by Crippen LogP contribution is 2.21. The Balaban J connectivity index is 2.75. The topological polar surface area (TPSA) is 29.1 Å². The molecule has 0 saturated heterocycles. The van der Waals surface area contributed by atoms with Crippen LogP contribution in [0, 0.1) is 5.92 Å². The lowest BCUT2D eigenvalue weighted by Crippen LogP contribution is -2.48. The third-order valence-electron chi connectivity index (χ3n) is 2.27. The molecule has 0 amide bonds. The molecule has 2 nitrogen and oxygen atoms in total. The molecule has 56 valence electrons. The molecule has 0 radical (unpaired) electrons. The van der Waals surface area contributed by atoms with Crippen LogP contribution in [-0.4, -0.2) is 11.8 Å². The summed E-state index contributed by atoms with van der Waals surface area (Å²) >= 11 is 0. The number of hydrogen-bond acceptors (Lipinski definition) is 2. The maximum atomic E-state index is 10.6. The standard InChI is InChI=1S/C8H13NO/c1-7-4-3-5-9-8(7,2)6-10/h3,5-7,9H,4H2,1-2H3. The third-order valence-corrected chi connectivity index (χ3v) is 2.27. The fourth-order valence-corrected chi connectivity index (χ4v) is 1.05. The first kappa shape index (κ1) is 7.32. The van der Waals surface area contributed by atoms with Gasteiger partial charge in [-0.05, 0) is 25.5 Å². The van der Waals surface area contributed by atoms with Gasteiger partial charge in [-0.1, -0.05) is 13.0 Å². The highest BCUT2D eigenvalue weighted by atomic mass is 16.1. The summed E-state index contributed by atoms with van der Waals surface area (Å²) in [5.74, 6) is 0.398. The zero-order valence-electron chi connectivity index (χ0n) is 6.42. The van der Waals surface area contributed by atoms with Crippen molar-refractivity contribution in [1.82, 2.24) is 5.32 Å². The monoisotopic (exact) mass is 139 g/mol. The van der Waals surface area contributed by atoms with Crippen molar-refractivity contribution in [3.8, 4) is 0 Å². The molecule has 2 unspecified atom stereocenters. The predicted octanol–water partition coefficient (Wildman–Crippen LogP) is 1.09. The average Bonchev–Trinajstić information content (AvgIpc) is 1.96. The number of carbonyl (C=O) groups excluding carboxylic acids is 1. The van der Waals surface area contributed by atoms with Crippen molar-refractivity contribution in [2.24, 2.45) is 5.92 Å². The van der Waals surface area contributed by atoms with E-state index in [-0.39, 0.29) is 5.54 Å². The molecule has 10 heavy (non-hydrogen) atoms. The van der Waals surface area contributed by atoms with E-state index < -0.39 is 0 Å². The van der Waals surface area contributed by atoms with Crippen molar-refractivity contribution in [2.45, 2.75) is 25.8 Å². The van der Waals surface area contributed by atoms with E-state index >= 15 is 0 Å². The molecule has 0 aromatic heterocycles. The highest BCUT2D eigenvalue weighted by Gasteiger charge is 2.30. The number of nitrogens with one attached hydrogen (secondary N) is 1. The Hall–Kier alpha value is -0.790. The second-order valence-corrected chi connectivity index (χ2v) is 3.08. The Bertz CT molecular complexity index is 165. The smallest absolute Gasteiger partial charge is 0.145 e. The zero-order valence-corrected chi connectivity index (χ0v) is 6.42. The summed E-state index contributed by atoms with van der Waals surface area (Å²) in [7, 11) is 0. The molecule has 0 bridgehead atoms. The number of carbonyl (C=O) groups is 1. The second-order valence-electron chi connectivity index (χ2n) is 3.08. The Morgan fingerprint density at radius 2 is 2.50 bits per heavy atom. The van der Waals surface area contributed by atoms with Gasteiger partial charge in [0.1, 0.15) is 6.29 Å². The van der Waals surface area contributed by atoms with Crippen molar-refractivity contribution in [2.75, 3.05) is 0 Å². The van der Waals surface area contributed by atoms with Gasteiger partial charge in [-0.2, -0.15) is 0 Å². The number of allylic oxidation sites excluding steroid dienone is 1. The second kappa shape index (κ2) is 2.45. The minimum Gasteiger partial charge on any atom is -0.379 e. The van der Waals surface area contributed by atoms with E-state index in [1.54, 1.807) is 0 Å². The van der Waals surface area contributed by atoms with Gasteiger partial charge in [-0.3, -0.25) is 0 Å². The van der Waals surface area contributed by atoms with Crippen molar-refractivity contribution >= 4 is 6.29 Å². The van der Waals surface area contributed by atoms with Gasteiger partial charge in [0.2, 0.25) is 0 Å². The SMILES string of the molecule is CC1CC=CNC1(C)C=O. The van der Waals surface area contributed by atoms with E-state index in [2.05, 4.69) is 18.3 Å². The van der Waals surface area contributed by atoms with Crippen LogP contribution in [0.1, 0.15) is 20.3 Å². The molecule has 2 heteroatoms. The molecular weight excluding hydrogens is 126 g/mol. The molecule has 1 rings (SSSR count). The first-order chi connectivity index (χ1) is 4.69. The summed E-state index contributed by atoms with van der Waals surface area (Å²) < 4.78 is 0. The molecule has 0 aromatic carbocycles. The molecule has 0 aromatic rings. The fourth-order valence-electron chi connectivity index (χ4n) is 1.05. The Labute approximate surface area is 61.3 Å². The van der Waals surface area contributed by atoms with Crippen molar-refractivity contribution in [1.29, 1.82) is 0 Å². The molecule has 0 aliphatic carbocycles. The third kappa shape index (κ3) is 1.06. The Morgan fingerprint density at radius 3 is 2.90 bits per heavy atom. The fraction of sp³-hybridized carbons (Fsp3) is 0.625. The normalized spacial score (nSPS) is 38.8. The minimum absolute atomic E-state index is 0.339. The maximum absolute atomic E-state index is 10.6. The Kier molecular flexibility index (Phi) is 1.79. The number of hydrogen-bond donors (Lipinski definition) is 1. The van der Waals surface area contributed by atoms with Crippen LogP contribution in [0.5, 0.6) is 0 Å². The summed E-state index contributed by atoms with van der Waals surface area (Å²) in [5, 5.41) is 3.05. The van der Waals surface area contributed by atoms with Gasteiger partial charge in [0.05, 0.1) is 5.54 Å². The van der Waals surface area contributed by atoms with Crippen LogP contribution >= 0.6 is 0 Å². The molecule has 0 saturated carbocycles. The quantitative estimate of drug-likeness (QED) is 0.551. The van der Waals surface area contributed by atoms with Gasteiger partial charge in [-0.15, -0.1) is 0 Å². The van der Waals surface area contributed by atoms with Crippen molar-refractivity contribution in [3.63, 3.8) is 0 Å². The van der Waals surface area contributed by atoms with E-state index in [9.17, 15) is 4.79 Å². The van der Waals surface area contributed by atoms with E-state index in [1.807, 2.05) is 13.1 Å². The Morgan fingerprint density at radius 1 is 1.80 bits per heavy atom. The molecule has 1 aliphatic rings. The summed E-state index contributed by atoms with van der Waals surface area (Å²) in [6, 6.07) is 0. The van der Waals surface area contributed by atoms with Gasteiger partial charge in [0, 0.05) is 0 Å². The van der Waals surface area contributed by atoms with Gasteiger partial charge in [0.25, 0.3) is 0 Å². The van der Waals surface area contributed by atoms with Crippen LogP contribution in [-0.2, 0) is 4.79 Å². The van der Waals surface area contributed by atoms with Crippen LogP contribution in [0.4, 0.5) is 0 Å². The average molecular weight is 139 g/mol. The molecule has 1 heterocycles. The molecule has 1 N–H and O–H groups in total. The lowest BCUT2D eigenvalue weighted by atomic mass is 9.84. The van der Waals surface area contributed by atoms with E-state index in [1.165, 1.54) is 0 Å². The van der Waals surface area contributed by atoms with Crippen LogP contribution in [0.3, 0.4) is 0 Å². The summed E-state index contributed by atoms with van der Waals surface area (Å²) in [5.41, 5.74) is -0.339. The van der Waals surface area contributed by atoms with E-state index in [0.29, 0.717) is 5.92 Å². The van der Waals surface area contributed by atoms with Gasteiger partial charge in [0.15, 0.2) is 0 Å². The minimum atomic E-state index is -0.339. The maximum Gasteiger partial charge on any atom is 0.145 e. The van der Waals surface area contributed by atoms with Crippen LogP contribution in [0.15, 0.2) is 12.3 Å². The lowest BCUT2D eigenvalue weighted by molar-refractivity contribution is -0.114. The molecule has 1 aliphatic heterocycles. The van der Waals surface area contributed by atoms with Crippen LogP contribution in [0.2, 0.25) is 0 Å². The number of rotatable bonds is 1. The largest absolute Gasteiger partial charge is 0.379 e. The predicted molar refractivity (Wildman–Crippen MR) is 40.5 cm³/mol. The summed E-state index contributed by atoms with van der Waals surface area (Å²) in [4.78, 5) is 10.6. The van der Waals surface area contributed by atoms with Crippen molar-refractivity contribution < 1.29 is 4.79 Å². The molecule has 0 fully saturated rings. The van der Waals surface area contributed by atoms with Gasteiger partial charge >= 0.3 is 0 Å². The summed E-state index contributed by atoms with van der Waals surface area (Å²) in [6.07, 6.45) is 5.88. The van der Waals surface area contributed by atoms with Crippen molar-refractivity contribution in [3.05, 3.63) is 12.3 Å². The molecule has 0 spiro atoms. The van der Waals surface area contributed by atoms with Crippen LogP contribution in [0.25, 0.3) is 0 Å².